The molecule has 0 spiro atoms. The minimum atomic E-state index is -0.0188. The molecule has 2 heterocycles. The monoisotopic (exact) mass is 255 g/mol. The van der Waals surface area contributed by atoms with Crippen molar-refractivity contribution in [1.29, 1.82) is 0 Å². The number of carbonyl (C=O) groups excluding carboxylic acids is 1. The van der Waals surface area contributed by atoms with Crippen LogP contribution in [0.4, 0.5) is 4.79 Å². The maximum Gasteiger partial charge on any atom is 0.320 e. The molecule has 2 aliphatic rings. The number of hydrogen-bond acceptors (Lipinski definition) is 2. The topological polar surface area (TPSA) is 49.6 Å². The molecule has 2 saturated heterocycles. The first-order valence-corrected chi connectivity index (χ1v) is 6.85. The Kier molecular flexibility index (Phi) is 3.86. The minimum Gasteiger partial charge on any atom is -0.392 e. The van der Waals surface area contributed by atoms with E-state index in [0.717, 1.165) is 38.9 Å². The Morgan fingerprint density at radius 1 is 1.29 bits per heavy atom. The predicted octanol–water partition coefficient (Wildman–Crippen LogP) is 1.59. The lowest BCUT2D eigenvalue weighted by atomic mass is 10.0. The Balaban J connectivity index is 2.01. The molecule has 0 radical (unpaired) electrons. The number of nitrogens with zero attached hydrogens (tertiary/aromatic N) is 2. The molecule has 0 aromatic carbocycles. The van der Waals surface area contributed by atoms with Crippen LogP contribution in [0.1, 0.15) is 32.6 Å². The molecule has 0 aliphatic carbocycles. The molecule has 2 amide bonds. The number of urea groups is 1. The van der Waals surface area contributed by atoms with Crippen LogP contribution in [0.3, 0.4) is 0 Å². The average Bonchev–Trinajstić information content (AvgIpc) is 2.77. The fourth-order valence-electron chi connectivity index (χ4n) is 2.84. The van der Waals surface area contributed by atoms with Crippen molar-refractivity contribution in [3.8, 4) is 0 Å². The molecule has 2 rings (SSSR count). The number of nitrogens with two attached hydrogens (primary N) is 1. The Morgan fingerprint density at radius 2 is 2.00 bits per heavy atom. The van der Waals surface area contributed by atoms with Crippen LogP contribution in [0.25, 0.3) is 0 Å². The number of amides is 2. The average molecular weight is 255 g/mol. The molecule has 17 heavy (non-hydrogen) atoms. The molecule has 0 bridgehead atoms. The number of thiocarbonyl (C=S) groups is 1. The van der Waals surface area contributed by atoms with Gasteiger partial charge in [-0.05, 0) is 31.6 Å². The largest absolute Gasteiger partial charge is 0.392 e. The number of piperidine rings is 1. The Hall–Kier alpha value is -0.840. The van der Waals surface area contributed by atoms with E-state index in [4.69, 9.17) is 18.0 Å². The fraction of sp³-hybridized carbons (Fsp3) is 0.833. The third-order valence-corrected chi connectivity index (χ3v) is 4.03. The number of hydrogen-bond donors (Lipinski definition) is 1. The molecule has 4 nitrogen and oxygen atoms in total. The van der Waals surface area contributed by atoms with Crippen LogP contribution in [-0.4, -0.2) is 46.5 Å². The van der Waals surface area contributed by atoms with E-state index in [0.29, 0.717) is 10.9 Å². The predicted molar refractivity (Wildman–Crippen MR) is 71.9 cm³/mol. The van der Waals surface area contributed by atoms with Crippen LogP contribution in [0.2, 0.25) is 0 Å². The van der Waals surface area contributed by atoms with Gasteiger partial charge in [-0.2, -0.15) is 0 Å². The van der Waals surface area contributed by atoms with Gasteiger partial charge in [0.1, 0.15) is 0 Å². The van der Waals surface area contributed by atoms with Crippen LogP contribution in [0.15, 0.2) is 0 Å². The highest BCUT2D eigenvalue weighted by Crippen LogP contribution is 2.22. The first-order valence-electron chi connectivity index (χ1n) is 6.44. The van der Waals surface area contributed by atoms with Crippen LogP contribution < -0.4 is 5.73 Å². The van der Waals surface area contributed by atoms with E-state index in [2.05, 4.69) is 6.92 Å². The summed E-state index contributed by atoms with van der Waals surface area (Å²) in [5.41, 5.74) is 5.70. The van der Waals surface area contributed by atoms with E-state index < -0.39 is 0 Å². The minimum absolute atomic E-state index is 0.0188. The van der Waals surface area contributed by atoms with Crippen molar-refractivity contribution in [3.05, 3.63) is 0 Å². The number of likely N-dealkylation sites (tertiary alicyclic amines) is 2. The molecule has 0 aromatic rings. The third-order valence-electron chi connectivity index (χ3n) is 3.75. The maximum absolute atomic E-state index is 12.4. The first kappa shape index (κ1) is 12.6. The Morgan fingerprint density at radius 3 is 2.65 bits per heavy atom. The summed E-state index contributed by atoms with van der Waals surface area (Å²) in [6, 6.07) is 0.113. The van der Waals surface area contributed by atoms with Gasteiger partial charge in [0, 0.05) is 19.6 Å². The first-order chi connectivity index (χ1) is 8.09. The summed E-state index contributed by atoms with van der Waals surface area (Å²) in [6.45, 7) is 4.75. The zero-order chi connectivity index (χ0) is 12.4. The molecule has 2 fully saturated rings. The molecule has 2 aliphatic heterocycles. The van der Waals surface area contributed by atoms with Crippen molar-refractivity contribution in [2.24, 2.45) is 11.7 Å². The van der Waals surface area contributed by atoms with Crippen molar-refractivity contribution < 1.29 is 4.79 Å². The van der Waals surface area contributed by atoms with Gasteiger partial charge in [0.25, 0.3) is 0 Å². The molecule has 2 atom stereocenters. The van der Waals surface area contributed by atoms with Crippen molar-refractivity contribution >= 4 is 23.2 Å². The summed E-state index contributed by atoms with van der Waals surface area (Å²) in [5.74, 6) is 0.610. The fourth-order valence-corrected chi connectivity index (χ4v) is 3.08. The lowest BCUT2D eigenvalue weighted by Gasteiger charge is -2.35. The van der Waals surface area contributed by atoms with Gasteiger partial charge in [0.15, 0.2) is 0 Å². The second kappa shape index (κ2) is 5.21. The highest BCUT2D eigenvalue weighted by atomic mass is 32.1. The molecule has 0 saturated carbocycles. The van der Waals surface area contributed by atoms with Crippen molar-refractivity contribution in [3.63, 3.8) is 0 Å². The van der Waals surface area contributed by atoms with Crippen LogP contribution in [0.5, 0.6) is 0 Å². The van der Waals surface area contributed by atoms with E-state index in [-0.39, 0.29) is 12.1 Å². The van der Waals surface area contributed by atoms with Crippen LogP contribution in [-0.2, 0) is 0 Å². The molecular formula is C12H21N3OS. The third kappa shape index (κ3) is 2.70. The summed E-state index contributed by atoms with van der Waals surface area (Å²) in [4.78, 5) is 16.7. The quantitative estimate of drug-likeness (QED) is 0.724. The van der Waals surface area contributed by atoms with Gasteiger partial charge in [0.05, 0.1) is 11.0 Å². The van der Waals surface area contributed by atoms with Gasteiger partial charge in [-0.1, -0.05) is 19.1 Å². The summed E-state index contributed by atoms with van der Waals surface area (Å²) >= 11 is 5.04. The van der Waals surface area contributed by atoms with Crippen LogP contribution in [0, 0.1) is 5.92 Å². The van der Waals surface area contributed by atoms with E-state index in [9.17, 15) is 4.79 Å². The summed E-state index contributed by atoms with van der Waals surface area (Å²) in [7, 11) is 0. The summed E-state index contributed by atoms with van der Waals surface area (Å²) in [5, 5.41) is 0. The highest BCUT2D eigenvalue weighted by Gasteiger charge is 2.34. The normalized spacial score (nSPS) is 29.5. The van der Waals surface area contributed by atoms with E-state index >= 15 is 0 Å². The zero-order valence-electron chi connectivity index (χ0n) is 10.4. The number of rotatable bonds is 1. The molecule has 96 valence electrons. The van der Waals surface area contributed by atoms with E-state index in [1.807, 2.05) is 9.80 Å². The second-order valence-electron chi connectivity index (χ2n) is 5.23. The van der Waals surface area contributed by atoms with Gasteiger partial charge >= 0.3 is 6.03 Å². The zero-order valence-corrected chi connectivity index (χ0v) is 11.2. The van der Waals surface area contributed by atoms with E-state index in [1.54, 1.807) is 0 Å². The number of carbonyl (C=O) groups is 1. The second-order valence-corrected chi connectivity index (χ2v) is 5.70. The molecular weight excluding hydrogens is 234 g/mol. The van der Waals surface area contributed by atoms with Gasteiger partial charge in [-0.3, -0.25) is 0 Å². The van der Waals surface area contributed by atoms with Crippen LogP contribution >= 0.6 is 12.2 Å². The SMILES string of the molecule is CC1CCCN(C(=O)N2CCCC2C(N)=S)C1. The molecule has 2 N–H and O–H groups in total. The standard InChI is InChI=1S/C12H21N3OS/c1-9-4-2-6-14(8-9)12(16)15-7-3-5-10(15)11(13)17/h9-10H,2-8H2,1H3,(H2,13,17). The summed E-state index contributed by atoms with van der Waals surface area (Å²) < 4.78 is 0. The van der Waals surface area contributed by atoms with Crippen molar-refractivity contribution in [2.45, 2.75) is 38.6 Å². The Labute approximate surface area is 108 Å². The van der Waals surface area contributed by atoms with E-state index in [1.165, 1.54) is 6.42 Å². The lowest BCUT2D eigenvalue weighted by molar-refractivity contribution is 0.134. The van der Waals surface area contributed by atoms with Crippen molar-refractivity contribution in [2.75, 3.05) is 19.6 Å². The van der Waals surface area contributed by atoms with Gasteiger partial charge < -0.3 is 15.5 Å². The van der Waals surface area contributed by atoms with Gasteiger partial charge in [-0.25, -0.2) is 4.79 Å². The molecule has 5 heteroatoms. The smallest absolute Gasteiger partial charge is 0.320 e. The van der Waals surface area contributed by atoms with Gasteiger partial charge in [-0.15, -0.1) is 0 Å². The van der Waals surface area contributed by atoms with Crippen molar-refractivity contribution in [1.82, 2.24) is 9.80 Å². The highest BCUT2D eigenvalue weighted by molar-refractivity contribution is 7.80. The molecule has 0 aromatic heterocycles. The molecule has 2 unspecified atom stereocenters. The summed E-state index contributed by atoms with van der Waals surface area (Å²) in [6.07, 6.45) is 4.27. The lowest BCUT2D eigenvalue weighted by Crippen LogP contribution is -2.51. The maximum atomic E-state index is 12.4. The Bertz CT molecular complexity index is 321. The van der Waals surface area contributed by atoms with Gasteiger partial charge in [0.2, 0.25) is 0 Å².